The molecule has 1 saturated heterocycles. The maximum Gasteiger partial charge on any atom is 0.269 e. The molecular formula is C20H20N4O4S. The molecule has 0 radical (unpaired) electrons. The lowest BCUT2D eigenvalue weighted by atomic mass is 10.2. The number of non-ortho nitro benzene ring substituents is 1. The Morgan fingerprint density at radius 3 is 2.48 bits per heavy atom. The van der Waals surface area contributed by atoms with Crippen molar-refractivity contribution in [2.24, 2.45) is 0 Å². The third-order valence-corrected chi connectivity index (χ3v) is 6.40. The van der Waals surface area contributed by atoms with Gasteiger partial charge in [-0.3, -0.25) is 19.7 Å². The predicted octanol–water partition coefficient (Wildman–Crippen LogP) is 2.75. The van der Waals surface area contributed by atoms with E-state index in [1.54, 1.807) is 17.0 Å². The van der Waals surface area contributed by atoms with Crippen molar-refractivity contribution < 1.29 is 14.5 Å². The van der Waals surface area contributed by atoms with Crippen LogP contribution >= 0.6 is 11.8 Å². The van der Waals surface area contributed by atoms with E-state index in [1.165, 1.54) is 23.9 Å². The first kappa shape index (κ1) is 19.3. The quantitative estimate of drug-likeness (QED) is 0.613. The molecule has 2 aliphatic heterocycles. The number of para-hydroxylation sites is 1. The van der Waals surface area contributed by atoms with Gasteiger partial charge in [-0.1, -0.05) is 12.1 Å². The second kappa shape index (κ2) is 8.12. The first-order valence-corrected chi connectivity index (χ1v) is 10.2. The number of nitro benzene ring substituents is 1. The van der Waals surface area contributed by atoms with Gasteiger partial charge in [0.15, 0.2) is 0 Å². The maximum absolute atomic E-state index is 12.7. The molecule has 1 unspecified atom stereocenters. The fourth-order valence-electron chi connectivity index (χ4n) is 3.51. The van der Waals surface area contributed by atoms with Crippen LogP contribution in [0.1, 0.15) is 6.42 Å². The fraction of sp³-hybridized carbons (Fsp3) is 0.300. The van der Waals surface area contributed by atoms with E-state index in [2.05, 4.69) is 10.2 Å². The molecule has 29 heavy (non-hydrogen) atoms. The molecule has 2 amide bonds. The maximum atomic E-state index is 12.7. The number of carbonyl (C=O) groups excluding carboxylic acids is 2. The van der Waals surface area contributed by atoms with Crippen molar-refractivity contribution in [2.45, 2.75) is 16.6 Å². The zero-order chi connectivity index (χ0) is 20.4. The van der Waals surface area contributed by atoms with Gasteiger partial charge in [0, 0.05) is 55.3 Å². The molecule has 0 spiro atoms. The molecule has 1 fully saturated rings. The summed E-state index contributed by atoms with van der Waals surface area (Å²) in [5.41, 5.74) is 1.76. The summed E-state index contributed by atoms with van der Waals surface area (Å²) < 4.78 is 0. The summed E-state index contributed by atoms with van der Waals surface area (Å²) in [6.45, 7) is 2.42. The average Bonchev–Trinajstić information content (AvgIpc) is 2.74. The summed E-state index contributed by atoms with van der Waals surface area (Å²) in [4.78, 5) is 40.3. The predicted molar refractivity (Wildman–Crippen MR) is 111 cm³/mol. The lowest BCUT2D eigenvalue weighted by Gasteiger charge is -2.36. The van der Waals surface area contributed by atoms with Crippen LogP contribution in [0.3, 0.4) is 0 Å². The summed E-state index contributed by atoms with van der Waals surface area (Å²) in [7, 11) is 0. The Morgan fingerprint density at radius 1 is 1.10 bits per heavy atom. The molecular weight excluding hydrogens is 392 g/mol. The third kappa shape index (κ3) is 4.19. The molecule has 0 aliphatic carbocycles. The van der Waals surface area contributed by atoms with Gasteiger partial charge in [0.2, 0.25) is 11.8 Å². The van der Waals surface area contributed by atoms with E-state index in [4.69, 9.17) is 0 Å². The van der Waals surface area contributed by atoms with Crippen LogP contribution in [0.25, 0.3) is 0 Å². The zero-order valence-electron chi connectivity index (χ0n) is 15.6. The topological polar surface area (TPSA) is 95.8 Å². The molecule has 0 saturated carbocycles. The molecule has 2 aliphatic rings. The number of anilines is 2. The van der Waals surface area contributed by atoms with Crippen LogP contribution in [0.15, 0.2) is 53.4 Å². The highest BCUT2D eigenvalue weighted by atomic mass is 32.2. The SMILES string of the molecule is O=C1Nc2ccccc2SC1CC(=O)N1CCN(c2ccc([N+](=O)[O-])cc2)CC1. The van der Waals surface area contributed by atoms with Gasteiger partial charge in [0.05, 0.1) is 15.9 Å². The van der Waals surface area contributed by atoms with E-state index in [-0.39, 0.29) is 23.9 Å². The van der Waals surface area contributed by atoms with E-state index in [1.807, 2.05) is 24.3 Å². The molecule has 2 aromatic rings. The van der Waals surface area contributed by atoms with Crippen LogP contribution in [0.4, 0.5) is 17.1 Å². The minimum absolute atomic E-state index is 0.0274. The van der Waals surface area contributed by atoms with E-state index in [0.717, 1.165) is 16.3 Å². The summed E-state index contributed by atoms with van der Waals surface area (Å²) in [5, 5.41) is 13.2. The minimum atomic E-state index is -0.426. The number of carbonyl (C=O) groups is 2. The highest BCUT2D eigenvalue weighted by Gasteiger charge is 2.31. The Kier molecular flexibility index (Phi) is 5.39. The normalized spacial score (nSPS) is 18.8. The van der Waals surface area contributed by atoms with Crippen molar-refractivity contribution in [3.8, 4) is 0 Å². The van der Waals surface area contributed by atoms with Crippen molar-refractivity contribution in [2.75, 3.05) is 36.4 Å². The van der Waals surface area contributed by atoms with Crippen molar-refractivity contribution in [1.82, 2.24) is 4.90 Å². The molecule has 9 heteroatoms. The van der Waals surface area contributed by atoms with Gasteiger partial charge >= 0.3 is 0 Å². The van der Waals surface area contributed by atoms with Crippen LogP contribution in [-0.2, 0) is 9.59 Å². The summed E-state index contributed by atoms with van der Waals surface area (Å²) >= 11 is 1.43. The van der Waals surface area contributed by atoms with Crippen molar-refractivity contribution in [3.05, 3.63) is 58.6 Å². The number of rotatable bonds is 4. The van der Waals surface area contributed by atoms with Crippen LogP contribution in [-0.4, -0.2) is 53.1 Å². The van der Waals surface area contributed by atoms with E-state index in [9.17, 15) is 19.7 Å². The first-order valence-electron chi connectivity index (χ1n) is 9.35. The molecule has 8 nitrogen and oxygen atoms in total. The first-order chi connectivity index (χ1) is 14.0. The molecule has 2 heterocycles. The number of benzene rings is 2. The van der Waals surface area contributed by atoms with Crippen LogP contribution in [0.5, 0.6) is 0 Å². The second-order valence-corrected chi connectivity index (χ2v) is 8.18. The molecule has 0 aromatic heterocycles. The standard InChI is InChI=1S/C20H20N4O4S/c25-19(13-18-20(26)21-16-3-1-2-4-17(16)29-18)23-11-9-22(10-12-23)14-5-7-15(8-6-14)24(27)28/h1-8,18H,9-13H2,(H,21,26). The molecule has 1 N–H and O–H groups in total. The lowest BCUT2D eigenvalue weighted by Crippen LogP contribution is -2.49. The number of nitrogens with one attached hydrogen (secondary N) is 1. The third-order valence-electron chi connectivity index (χ3n) is 5.12. The number of nitrogens with zero attached hydrogens (tertiary/aromatic N) is 3. The molecule has 1 atom stereocenters. The molecule has 4 rings (SSSR count). The summed E-state index contributed by atoms with van der Waals surface area (Å²) in [6.07, 6.45) is 0.169. The number of amides is 2. The van der Waals surface area contributed by atoms with E-state index < -0.39 is 10.2 Å². The fourth-order valence-corrected chi connectivity index (χ4v) is 4.62. The number of hydrogen-bond donors (Lipinski definition) is 1. The highest BCUT2D eigenvalue weighted by Crippen LogP contribution is 2.36. The monoisotopic (exact) mass is 412 g/mol. The van der Waals surface area contributed by atoms with Crippen LogP contribution in [0, 0.1) is 10.1 Å². The van der Waals surface area contributed by atoms with Gasteiger partial charge < -0.3 is 15.1 Å². The molecule has 150 valence electrons. The van der Waals surface area contributed by atoms with E-state index >= 15 is 0 Å². The number of nitro groups is 1. The Balaban J connectivity index is 1.32. The summed E-state index contributed by atoms with van der Waals surface area (Å²) in [6, 6.07) is 14.0. The van der Waals surface area contributed by atoms with Gasteiger partial charge in [-0.05, 0) is 24.3 Å². The Morgan fingerprint density at radius 2 is 1.79 bits per heavy atom. The van der Waals surface area contributed by atoms with Gasteiger partial charge in [-0.25, -0.2) is 0 Å². The lowest BCUT2D eigenvalue weighted by molar-refractivity contribution is -0.384. The van der Waals surface area contributed by atoms with Gasteiger partial charge in [0.1, 0.15) is 0 Å². The number of piperazine rings is 1. The zero-order valence-corrected chi connectivity index (χ0v) is 16.4. The number of hydrogen-bond acceptors (Lipinski definition) is 6. The van der Waals surface area contributed by atoms with Crippen molar-refractivity contribution in [3.63, 3.8) is 0 Å². The Hall–Kier alpha value is -3.07. The van der Waals surface area contributed by atoms with Crippen molar-refractivity contribution in [1.29, 1.82) is 0 Å². The van der Waals surface area contributed by atoms with Gasteiger partial charge in [-0.15, -0.1) is 11.8 Å². The highest BCUT2D eigenvalue weighted by molar-refractivity contribution is 8.01. The largest absolute Gasteiger partial charge is 0.368 e. The second-order valence-electron chi connectivity index (χ2n) is 6.94. The Bertz CT molecular complexity index is 942. The average molecular weight is 412 g/mol. The smallest absolute Gasteiger partial charge is 0.269 e. The van der Waals surface area contributed by atoms with Crippen LogP contribution < -0.4 is 10.2 Å². The number of fused-ring (bicyclic) bond motifs is 1. The van der Waals surface area contributed by atoms with E-state index in [0.29, 0.717) is 26.2 Å². The summed E-state index contributed by atoms with van der Waals surface area (Å²) in [5.74, 6) is -0.160. The minimum Gasteiger partial charge on any atom is -0.368 e. The Labute approximate surface area is 172 Å². The van der Waals surface area contributed by atoms with Crippen LogP contribution in [0.2, 0.25) is 0 Å². The van der Waals surface area contributed by atoms with Crippen molar-refractivity contribution >= 4 is 40.6 Å². The van der Waals surface area contributed by atoms with Gasteiger partial charge in [0.25, 0.3) is 5.69 Å². The number of thioether (sulfide) groups is 1. The van der Waals surface area contributed by atoms with Gasteiger partial charge in [-0.2, -0.15) is 0 Å². The molecule has 2 aromatic carbocycles. The molecule has 0 bridgehead atoms.